The number of hydrogen-bond acceptors (Lipinski definition) is 4. The van der Waals surface area contributed by atoms with Gasteiger partial charge in [-0.3, -0.25) is 19.3 Å². The Kier molecular flexibility index (Phi) is 6.04. The molecular formula is C17H21NO4. The standard InChI is InChI=1S/C17H21NO4/c1-13(20)18(11-16(21)22-17(2,3)4)15(12-19)10-14-8-6-5-7-9-14/h5-10,12H,11H2,1-4H3. The Morgan fingerprint density at radius 1 is 1.18 bits per heavy atom. The molecule has 0 atom stereocenters. The summed E-state index contributed by atoms with van der Waals surface area (Å²) in [4.78, 5) is 36.1. The minimum atomic E-state index is -0.649. The summed E-state index contributed by atoms with van der Waals surface area (Å²) in [5, 5.41) is 0. The first kappa shape index (κ1) is 17.6. The Hall–Kier alpha value is -2.43. The summed E-state index contributed by atoms with van der Waals surface area (Å²) in [5.74, 6) is -0.969. The van der Waals surface area contributed by atoms with E-state index in [9.17, 15) is 14.4 Å². The van der Waals surface area contributed by atoms with E-state index in [4.69, 9.17) is 4.74 Å². The number of hydrogen-bond donors (Lipinski definition) is 0. The number of amides is 1. The van der Waals surface area contributed by atoms with E-state index in [1.54, 1.807) is 39.0 Å². The highest BCUT2D eigenvalue weighted by molar-refractivity contribution is 5.91. The van der Waals surface area contributed by atoms with Crippen LogP contribution in [0.4, 0.5) is 0 Å². The first-order valence-corrected chi connectivity index (χ1v) is 6.95. The monoisotopic (exact) mass is 303 g/mol. The fourth-order valence-corrected chi connectivity index (χ4v) is 1.78. The zero-order valence-electron chi connectivity index (χ0n) is 13.3. The van der Waals surface area contributed by atoms with Crippen LogP contribution in [0.2, 0.25) is 0 Å². The average Bonchev–Trinajstić information content (AvgIpc) is 2.41. The van der Waals surface area contributed by atoms with Crippen molar-refractivity contribution in [2.24, 2.45) is 0 Å². The zero-order valence-corrected chi connectivity index (χ0v) is 13.3. The molecule has 118 valence electrons. The minimum absolute atomic E-state index is 0.115. The second-order valence-electron chi connectivity index (χ2n) is 5.79. The van der Waals surface area contributed by atoms with Crippen LogP contribution in [-0.2, 0) is 19.1 Å². The Bertz CT molecular complexity index is 570. The lowest BCUT2D eigenvalue weighted by Gasteiger charge is -2.24. The maximum atomic E-state index is 11.9. The summed E-state index contributed by atoms with van der Waals surface area (Å²) in [5.41, 5.74) is 0.230. The van der Waals surface area contributed by atoms with Gasteiger partial charge in [0.15, 0.2) is 6.29 Å². The lowest BCUT2D eigenvalue weighted by atomic mass is 10.2. The van der Waals surface area contributed by atoms with Gasteiger partial charge in [-0.05, 0) is 32.4 Å². The Balaban J connectivity index is 2.98. The van der Waals surface area contributed by atoms with Gasteiger partial charge in [0.25, 0.3) is 0 Å². The number of aldehydes is 1. The predicted molar refractivity (Wildman–Crippen MR) is 83.7 cm³/mol. The van der Waals surface area contributed by atoms with Gasteiger partial charge in [-0.25, -0.2) is 0 Å². The number of ether oxygens (including phenoxy) is 1. The first-order chi connectivity index (χ1) is 10.2. The maximum absolute atomic E-state index is 11.9. The van der Waals surface area contributed by atoms with Crippen LogP contribution >= 0.6 is 0 Å². The maximum Gasteiger partial charge on any atom is 0.326 e. The van der Waals surface area contributed by atoms with Gasteiger partial charge in [0.05, 0.1) is 5.70 Å². The topological polar surface area (TPSA) is 63.7 Å². The largest absolute Gasteiger partial charge is 0.459 e. The molecule has 1 aromatic carbocycles. The zero-order chi connectivity index (χ0) is 16.8. The molecule has 0 N–H and O–H groups in total. The number of carbonyl (C=O) groups is 3. The van der Waals surface area contributed by atoms with Crippen molar-refractivity contribution in [3.8, 4) is 0 Å². The normalized spacial score (nSPS) is 11.7. The predicted octanol–water partition coefficient (Wildman–Crippen LogP) is 2.42. The fourth-order valence-electron chi connectivity index (χ4n) is 1.78. The highest BCUT2D eigenvalue weighted by Crippen LogP contribution is 2.12. The van der Waals surface area contributed by atoms with E-state index in [1.165, 1.54) is 6.92 Å². The van der Waals surface area contributed by atoms with Gasteiger partial charge in [-0.15, -0.1) is 0 Å². The first-order valence-electron chi connectivity index (χ1n) is 6.95. The van der Waals surface area contributed by atoms with Gasteiger partial charge in [-0.2, -0.15) is 0 Å². The van der Waals surface area contributed by atoms with E-state index in [0.29, 0.717) is 6.29 Å². The summed E-state index contributed by atoms with van der Waals surface area (Å²) < 4.78 is 5.19. The lowest BCUT2D eigenvalue weighted by molar-refractivity contribution is -0.157. The number of benzene rings is 1. The highest BCUT2D eigenvalue weighted by atomic mass is 16.6. The molecule has 5 heteroatoms. The van der Waals surface area contributed by atoms with Crippen molar-refractivity contribution in [3.63, 3.8) is 0 Å². The van der Waals surface area contributed by atoms with Crippen LogP contribution in [0.5, 0.6) is 0 Å². The smallest absolute Gasteiger partial charge is 0.326 e. The molecule has 0 heterocycles. The van der Waals surface area contributed by atoms with Crippen molar-refractivity contribution in [1.82, 2.24) is 4.90 Å². The Labute approximate surface area is 130 Å². The molecule has 5 nitrogen and oxygen atoms in total. The van der Waals surface area contributed by atoms with Crippen molar-refractivity contribution < 1.29 is 19.1 Å². The SMILES string of the molecule is CC(=O)N(CC(=O)OC(C)(C)C)C(C=O)=Cc1ccccc1. The molecule has 1 rings (SSSR count). The Morgan fingerprint density at radius 2 is 1.77 bits per heavy atom. The molecule has 22 heavy (non-hydrogen) atoms. The second-order valence-corrected chi connectivity index (χ2v) is 5.79. The van der Waals surface area contributed by atoms with Crippen molar-refractivity contribution in [3.05, 3.63) is 41.6 Å². The summed E-state index contributed by atoms with van der Waals surface area (Å²) in [6.45, 7) is 6.22. The third-order valence-electron chi connectivity index (χ3n) is 2.63. The molecule has 0 aliphatic heterocycles. The van der Waals surface area contributed by atoms with Crippen LogP contribution in [-0.4, -0.2) is 35.2 Å². The molecule has 0 spiro atoms. The molecule has 1 amide bonds. The van der Waals surface area contributed by atoms with Crippen molar-refractivity contribution in [1.29, 1.82) is 0 Å². The Morgan fingerprint density at radius 3 is 2.23 bits per heavy atom. The summed E-state index contributed by atoms with van der Waals surface area (Å²) in [7, 11) is 0. The van der Waals surface area contributed by atoms with E-state index in [-0.39, 0.29) is 12.2 Å². The van der Waals surface area contributed by atoms with Crippen LogP contribution in [0.3, 0.4) is 0 Å². The lowest BCUT2D eigenvalue weighted by Crippen LogP contribution is -2.37. The molecular weight excluding hydrogens is 282 g/mol. The van der Waals surface area contributed by atoms with Crippen molar-refractivity contribution in [2.45, 2.75) is 33.3 Å². The van der Waals surface area contributed by atoms with Gasteiger partial charge in [0, 0.05) is 6.92 Å². The molecule has 0 radical (unpaired) electrons. The van der Waals surface area contributed by atoms with Gasteiger partial charge in [0.2, 0.25) is 5.91 Å². The van der Waals surface area contributed by atoms with E-state index >= 15 is 0 Å². The summed E-state index contributed by atoms with van der Waals surface area (Å²) in [6.07, 6.45) is 2.11. The van der Waals surface area contributed by atoms with E-state index in [1.807, 2.05) is 18.2 Å². The van der Waals surface area contributed by atoms with Crippen molar-refractivity contribution in [2.75, 3.05) is 6.54 Å². The fraction of sp³-hybridized carbons (Fsp3) is 0.353. The highest BCUT2D eigenvalue weighted by Gasteiger charge is 2.22. The van der Waals surface area contributed by atoms with Crippen LogP contribution < -0.4 is 0 Å². The molecule has 0 fully saturated rings. The molecule has 0 unspecified atom stereocenters. The number of rotatable bonds is 5. The molecule has 0 bridgehead atoms. The second kappa shape index (κ2) is 7.54. The summed E-state index contributed by atoms with van der Waals surface area (Å²) >= 11 is 0. The quantitative estimate of drug-likeness (QED) is 0.476. The third kappa shape index (κ3) is 5.91. The molecule has 0 saturated carbocycles. The molecule has 0 saturated heterocycles. The van der Waals surface area contributed by atoms with Crippen LogP contribution in [0.15, 0.2) is 36.0 Å². The number of carbonyl (C=O) groups excluding carboxylic acids is 3. The number of allylic oxidation sites excluding steroid dienone is 1. The van der Waals surface area contributed by atoms with E-state index in [2.05, 4.69) is 0 Å². The molecule has 0 aliphatic carbocycles. The molecule has 1 aromatic rings. The number of esters is 1. The molecule has 0 aromatic heterocycles. The average molecular weight is 303 g/mol. The van der Waals surface area contributed by atoms with Gasteiger partial charge in [0.1, 0.15) is 12.1 Å². The van der Waals surface area contributed by atoms with Crippen LogP contribution in [0.25, 0.3) is 6.08 Å². The summed E-state index contributed by atoms with van der Waals surface area (Å²) in [6, 6.07) is 9.09. The van der Waals surface area contributed by atoms with Crippen LogP contribution in [0.1, 0.15) is 33.3 Å². The van der Waals surface area contributed by atoms with E-state index in [0.717, 1.165) is 10.5 Å². The van der Waals surface area contributed by atoms with Crippen molar-refractivity contribution >= 4 is 24.2 Å². The van der Waals surface area contributed by atoms with Crippen LogP contribution in [0, 0.1) is 0 Å². The minimum Gasteiger partial charge on any atom is -0.459 e. The van der Waals surface area contributed by atoms with Gasteiger partial charge >= 0.3 is 5.97 Å². The number of nitrogens with zero attached hydrogens (tertiary/aromatic N) is 1. The molecule has 0 aliphatic rings. The van der Waals surface area contributed by atoms with E-state index < -0.39 is 17.5 Å². The van der Waals surface area contributed by atoms with Gasteiger partial charge in [-0.1, -0.05) is 30.3 Å². The third-order valence-corrected chi connectivity index (χ3v) is 2.63. The van der Waals surface area contributed by atoms with Gasteiger partial charge < -0.3 is 4.74 Å².